The summed E-state index contributed by atoms with van der Waals surface area (Å²) in [5.74, 6) is 0. The molecule has 1 N–H and O–H groups in total. The zero-order valence-electron chi connectivity index (χ0n) is 12.0. The van der Waals surface area contributed by atoms with Crippen LogP contribution in [0.4, 0.5) is 0 Å². The van der Waals surface area contributed by atoms with Crippen LogP contribution in [0.25, 0.3) is 0 Å². The van der Waals surface area contributed by atoms with E-state index in [1.165, 1.54) is 38.9 Å². The van der Waals surface area contributed by atoms with Crippen molar-refractivity contribution in [1.29, 1.82) is 0 Å². The average Bonchev–Trinajstić information content (AvgIpc) is 2.61. The van der Waals surface area contributed by atoms with Crippen molar-refractivity contribution in [2.24, 2.45) is 0 Å². The molecule has 2 bridgehead atoms. The fourth-order valence-electron chi connectivity index (χ4n) is 3.29. The molecule has 2 rings (SSSR count). The van der Waals surface area contributed by atoms with Gasteiger partial charge in [-0.15, -0.1) is 0 Å². The molecule has 18 heavy (non-hydrogen) atoms. The number of hydrogen-bond donors (Lipinski definition) is 1. The molecule has 0 aromatic heterocycles. The van der Waals surface area contributed by atoms with Crippen molar-refractivity contribution in [2.45, 2.75) is 37.8 Å². The summed E-state index contributed by atoms with van der Waals surface area (Å²) in [7, 11) is 4.08. The van der Waals surface area contributed by atoms with Crippen molar-refractivity contribution in [3.05, 3.63) is 0 Å². The summed E-state index contributed by atoms with van der Waals surface area (Å²) < 4.78 is 5.04. The second-order valence-electron chi connectivity index (χ2n) is 5.74. The van der Waals surface area contributed by atoms with E-state index in [1.807, 2.05) is 0 Å². The molecule has 0 amide bonds. The van der Waals surface area contributed by atoms with E-state index in [0.717, 1.165) is 38.2 Å². The van der Waals surface area contributed by atoms with Crippen LogP contribution in [-0.4, -0.2) is 75.4 Å². The van der Waals surface area contributed by atoms with Gasteiger partial charge >= 0.3 is 0 Å². The predicted octanol–water partition coefficient (Wildman–Crippen LogP) is 0.781. The maximum Gasteiger partial charge on any atom is 0.0474 e. The van der Waals surface area contributed by atoms with Gasteiger partial charge in [-0.05, 0) is 45.8 Å². The van der Waals surface area contributed by atoms with Gasteiger partial charge in [0, 0.05) is 45.4 Å². The number of nitrogens with zero attached hydrogens (tertiary/aromatic N) is 2. The lowest BCUT2D eigenvalue weighted by atomic mass is 10.1. The van der Waals surface area contributed by atoms with Crippen LogP contribution in [-0.2, 0) is 4.74 Å². The Kier molecular flexibility index (Phi) is 5.89. The highest BCUT2D eigenvalue weighted by atomic mass is 16.5. The number of likely N-dealkylation sites (tertiary alicyclic amines) is 1. The third-order valence-electron chi connectivity index (χ3n) is 4.54. The SMILES string of the molecule is COCCCNCCN1CCC2CCC(C1)N2C. The lowest BCUT2D eigenvalue weighted by Crippen LogP contribution is -2.39. The third kappa shape index (κ3) is 3.92. The van der Waals surface area contributed by atoms with Gasteiger partial charge in [0.1, 0.15) is 0 Å². The highest BCUT2D eigenvalue weighted by Crippen LogP contribution is 2.28. The van der Waals surface area contributed by atoms with Gasteiger partial charge in [-0.2, -0.15) is 0 Å². The minimum atomic E-state index is 0.811. The summed E-state index contributed by atoms with van der Waals surface area (Å²) in [6, 6.07) is 1.67. The van der Waals surface area contributed by atoms with Gasteiger partial charge in [0.05, 0.1) is 0 Å². The molecular formula is C14H29N3O. The highest BCUT2D eigenvalue weighted by Gasteiger charge is 2.34. The number of hydrogen-bond acceptors (Lipinski definition) is 4. The standard InChI is InChI=1S/C14H29N3O/c1-16-13-4-5-14(16)12-17(9-6-13)10-8-15-7-3-11-18-2/h13-15H,3-12H2,1-2H3. The van der Waals surface area contributed by atoms with Crippen LogP contribution in [0, 0.1) is 0 Å². The Labute approximate surface area is 112 Å². The van der Waals surface area contributed by atoms with E-state index in [-0.39, 0.29) is 0 Å². The monoisotopic (exact) mass is 255 g/mol. The number of rotatable bonds is 7. The van der Waals surface area contributed by atoms with E-state index < -0.39 is 0 Å². The van der Waals surface area contributed by atoms with Crippen LogP contribution >= 0.6 is 0 Å². The molecule has 2 unspecified atom stereocenters. The Morgan fingerprint density at radius 2 is 2.00 bits per heavy atom. The molecule has 0 aliphatic carbocycles. The van der Waals surface area contributed by atoms with Gasteiger partial charge in [0.25, 0.3) is 0 Å². The topological polar surface area (TPSA) is 27.7 Å². The lowest BCUT2D eigenvalue weighted by Gasteiger charge is -2.25. The quantitative estimate of drug-likeness (QED) is 0.681. The molecule has 2 saturated heterocycles. The first kappa shape index (κ1) is 14.3. The van der Waals surface area contributed by atoms with E-state index in [9.17, 15) is 0 Å². The first-order chi connectivity index (χ1) is 8.81. The van der Waals surface area contributed by atoms with Crippen LogP contribution in [0.15, 0.2) is 0 Å². The zero-order valence-corrected chi connectivity index (χ0v) is 12.0. The molecule has 2 fully saturated rings. The van der Waals surface area contributed by atoms with E-state index in [1.54, 1.807) is 7.11 Å². The molecule has 4 nitrogen and oxygen atoms in total. The first-order valence-electron chi connectivity index (χ1n) is 7.45. The molecule has 2 atom stereocenters. The average molecular weight is 255 g/mol. The van der Waals surface area contributed by atoms with E-state index in [2.05, 4.69) is 22.2 Å². The predicted molar refractivity (Wildman–Crippen MR) is 75.0 cm³/mol. The minimum absolute atomic E-state index is 0.811. The molecule has 0 radical (unpaired) electrons. The second kappa shape index (κ2) is 7.43. The molecule has 2 aliphatic rings. The molecule has 0 spiro atoms. The maximum atomic E-state index is 5.04. The first-order valence-corrected chi connectivity index (χ1v) is 7.45. The van der Waals surface area contributed by atoms with Gasteiger partial charge in [-0.3, -0.25) is 4.90 Å². The molecule has 106 valence electrons. The Morgan fingerprint density at radius 3 is 2.83 bits per heavy atom. The molecule has 4 heteroatoms. The fourth-order valence-corrected chi connectivity index (χ4v) is 3.29. The van der Waals surface area contributed by atoms with Crippen molar-refractivity contribution < 1.29 is 4.74 Å². The van der Waals surface area contributed by atoms with Gasteiger partial charge in [-0.1, -0.05) is 0 Å². The minimum Gasteiger partial charge on any atom is -0.385 e. The van der Waals surface area contributed by atoms with Crippen molar-refractivity contribution in [2.75, 3.05) is 53.5 Å². The highest BCUT2D eigenvalue weighted by molar-refractivity contribution is 4.90. The molecule has 0 aromatic carbocycles. The van der Waals surface area contributed by atoms with E-state index in [0.29, 0.717) is 0 Å². The van der Waals surface area contributed by atoms with Crippen molar-refractivity contribution in [1.82, 2.24) is 15.1 Å². The van der Waals surface area contributed by atoms with E-state index >= 15 is 0 Å². The summed E-state index contributed by atoms with van der Waals surface area (Å²) in [5.41, 5.74) is 0. The lowest BCUT2D eigenvalue weighted by molar-refractivity contribution is 0.192. The zero-order chi connectivity index (χ0) is 12.8. The smallest absolute Gasteiger partial charge is 0.0474 e. The molecule has 2 heterocycles. The van der Waals surface area contributed by atoms with E-state index in [4.69, 9.17) is 4.74 Å². The van der Waals surface area contributed by atoms with Crippen LogP contribution in [0.1, 0.15) is 25.7 Å². The Bertz CT molecular complexity index is 237. The van der Waals surface area contributed by atoms with Gasteiger partial charge < -0.3 is 15.0 Å². The van der Waals surface area contributed by atoms with Gasteiger partial charge in [-0.25, -0.2) is 0 Å². The Morgan fingerprint density at radius 1 is 1.17 bits per heavy atom. The maximum absolute atomic E-state index is 5.04. The number of nitrogens with one attached hydrogen (secondary N) is 1. The molecule has 0 aromatic rings. The summed E-state index contributed by atoms with van der Waals surface area (Å²) in [6.45, 7) is 6.81. The summed E-state index contributed by atoms with van der Waals surface area (Å²) in [5, 5.41) is 3.51. The summed E-state index contributed by atoms with van der Waals surface area (Å²) in [4.78, 5) is 5.26. The molecular weight excluding hydrogens is 226 g/mol. The number of fused-ring (bicyclic) bond motifs is 2. The van der Waals surface area contributed by atoms with Gasteiger partial charge in [0.15, 0.2) is 0 Å². The summed E-state index contributed by atoms with van der Waals surface area (Å²) >= 11 is 0. The Balaban J connectivity index is 1.59. The largest absolute Gasteiger partial charge is 0.385 e. The normalized spacial score (nSPS) is 29.7. The van der Waals surface area contributed by atoms with Crippen molar-refractivity contribution >= 4 is 0 Å². The van der Waals surface area contributed by atoms with Crippen LogP contribution in [0.2, 0.25) is 0 Å². The Hall–Kier alpha value is -0.160. The number of ether oxygens (including phenoxy) is 1. The molecule has 0 saturated carbocycles. The molecule has 2 aliphatic heterocycles. The number of likely N-dealkylation sites (N-methyl/N-ethyl adjacent to an activating group) is 1. The fraction of sp³-hybridized carbons (Fsp3) is 1.00. The van der Waals surface area contributed by atoms with Crippen LogP contribution in [0.3, 0.4) is 0 Å². The van der Waals surface area contributed by atoms with Gasteiger partial charge in [0.2, 0.25) is 0 Å². The van der Waals surface area contributed by atoms with Crippen LogP contribution < -0.4 is 5.32 Å². The second-order valence-corrected chi connectivity index (χ2v) is 5.74. The number of methoxy groups -OCH3 is 1. The van der Waals surface area contributed by atoms with Crippen molar-refractivity contribution in [3.8, 4) is 0 Å². The van der Waals surface area contributed by atoms with Crippen molar-refractivity contribution in [3.63, 3.8) is 0 Å². The third-order valence-corrected chi connectivity index (χ3v) is 4.54. The van der Waals surface area contributed by atoms with Crippen LogP contribution in [0.5, 0.6) is 0 Å². The summed E-state index contributed by atoms with van der Waals surface area (Å²) in [6.07, 6.45) is 5.30.